The first-order chi connectivity index (χ1) is 13.1. The molecule has 0 bridgehead atoms. The summed E-state index contributed by atoms with van der Waals surface area (Å²) in [4.78, 5) is 15.1. The smallest absolute Gasteiger partial charge is 0.254 e. The molecular weight excluding hydrogens is 364 g/mol. The Morgan fingerprint density at radius 3 is 2.56 bits per heavy atom. The summed E-state index contributed by atoms with van der Waals surface area (Å²) in [7, 11) is -3.55. The van der Waals surface area contributed by atoms with Crippen molar-refractivity contribution in [1.29, 1.82) is 0 Å². The quantitative estimate of drug-likeness (QED) is 0.762. The fourth-order valence-electron chi connectivity index (χ4n) is 3.53. The van der Waals surface area contributed by atoms with E-state index in [0.717, 1.165) is 37.9 Å². The van der Waals surface area contributed by atoms with Crippen LogP contribution >= 0.6 is 0 Å². The molecule has 2 fully saturated rings. The van der Waals surface area contributed by atoms with Gasteiger partial charge >= 0.3 is 0 Å². The van der Waals surface area contributed by atoms with Crippen LogP contribution in [0.2, 0.25) is 0 Å². The third kappa shape index (κ3) is 3.94. The van der Waals surface area contributed by atoms with Crippen molar-refractivity contribution in [2.24, 2.45) is 0 Å². The van der Waals surface area contributed by atoms with Gasteiger partial charge in [0.15, 0.2) is 0 Å². The van der Waals surface area contributed by atoms with Crippen LogP contribution in [0.4, 0.5) is 0 Å². The second kappa shape index (κ2) is 7.48. The van der Waals surface area contributed by atoms with Crippen LogP contribution in [0.25, 0.3) is 0 Å². The first kappa shape index (κ1) is 18.3. The molecule has 2 aliphatic rings. The van der Waals surface area contributed by atoms with Crippen molar-refractivity contribution >= 4 is 15.9 Å². The van der Waals surface area contributed by atoms with E-state index in [1.54, 1.807) is 35.4 Å². The summed E-state index contributed by atoms with van der Waals surface area (Å²) in [5.74, 6) is 0.580. The standard InChI is InChI=1S/C20H24N2O4S/c23-20(22(17-9-10-17)15-18-7-5-13-26-18)16-6-4-8-19(14-16)27(24,25)21-11-2-1-3-12-21/h4-8,13-14,17H,1-3,9-12,15H2. The lowest BCUT2D eigenvalue weighted by atomic mass is 10.2. The molecular formula is C20H24N2O4S. The first-order valence-corrected chi connectivity index (χ1v) is 10.9. The minimum atomic E-state index is -3.55. The highest BCUT2D eigenvalue weighted by molar-refractivity contribution is 7.89. The van der Waals surface area contributed by atoms with Crippen LogP contribution in [0.5, 0.6) is 0 Å². The van der Waals surface area contributed by atoms with Gasteiger partial charge in [0.25, 0.3) is 5.91 Å². The number of nitrogens with zero attached hydrogens (tertiary/aromatic N) is 2. The Bertz CT molecular complexity index is 898. The number of carbonyl (C=O) groups is 1. The lowest BCUT2D eigenvalue weighted by molar-refractivity contribution is 0.0717. The van der Waals surface area contributed by atoms with E-state index in [1.807, 2.05) is 6.07 Å². The van der Waals surface area contributed by atoms with Gasteiger partial charge in [0, 0.05) is 24.7 Å². The zero-order valence-electron chi connectivity index (χ0n) is 15.2. The van der Waals surface area contributed by atoms with Gasteiger partial charge in [0.05, 0.1) is 17.7 Å². The molecule has 1 saturated carbocycles. The molecule has 1 aliphatic heterocycles. The Balaban J connectivity index is 1.58. The minimum absolute atomic E-state index is 0.149. The SMILES string of the molecule is O=C(c1cccc(S(=O)(=O)N2CCCCC2)c1)N(Cc1ccco1)C1CC1. The summed E-state index contributed by atoms with van der Waals surface area (Å²) in [6.07, 6.45) is 6.37. The molecule has 0 spiro atoms. The summed E-state index contributed by atoms with van der Waals surface area (Å²) < 4.78 is 32.8. The molecule has 1 amide bonds. The van der Waals surface area contributed by atoms with E-state index in [-0.39, 0.29) is 16.8 Å². The lowest BCUT2D eigenvalue weighted by Gasteiger charge is -2.26. The van der Waals surface area contributed by atoms with Gasteiger partial charge in [0.1, 0.15) is 5.76 Å². The maximum atomic E-state index is 13.1. The number of hydrogen-bond donors (Lipinski definition) is 0. The van der Waals surface area contributed by atoms with Crippen molar-refractivity contribution in [1.82, 2.24) is 9.21 Å². The van der Waals surface area contributed by atoms with Gasteiger partial charge in [-0.2, -0.15) is 4.31 Å². The molecule has 7 heteroatoms. The average Bonchev–Trinajstić information content (AvgIpc) is 3.42. The summed E-state index contributed by atoms with van der Waals surface area (Å²) in [6.45, 7) is 1.50. The largest absolute Gasteiger partial charge is 0.467 e. The number of piperidine rings is 1. The Kier molecular flexibility index (Phi) is 5.06. The van der Waals surface area contributed by atoms with Crippen molar-refractivity contribution in [3.8, 4) is 0 Å². The molecule has 1 aromatic heterocycles. The maximum Gasteiger partial charge on any atom is 0.254 e. The Labute approximate surface area is 159 Å². The molecule has 1 aromatic carbocycles. The summed E-state index contributed by atoms with van der Waals surface area (Å²) in [5.41, 5.74) is 0.409. The van der Waals surface area contributed by atoms with Crippen LogP contribution in [0, 0.1) is 0 Å². The molecule has 27 heavy (non-hydrogen) atoms. The number of hydrogen-bond acceptors (Lipinski definition) is 4. The fourth-order valence-corrected chi connectivity index (χ4v) is 5.10. The van der Waals surface area contributed by atoms with Crippen LogP contribution in [0.15, 0.2) is 52.0 Å². The van der Waals surface area contributed by atoms with Crippen molar-refractivity contribution in [2.75, 3.05) is 13.1 Å². The molecule has 0 atom stereocenters. The molecule has 144 valence electrons. The van der Waals surface area contributed by atoms with Gasteiger partial charge in [-0.15, -0.1) is 0 Å². The minimum Gasteiger partial charge on any atom is -0.467 e. The molecule has 2 aromatic rings. The van der Waals surface area contributed by atoms with Crippen LogP contribution in [0.3, 0.4) is 0 Å². The van der Waals surface area contributed by atoms with Crippen LogP contribution in [-0.2, 0) is 16.6 Å². The Morgan fingerprint density at radius 2 is 1.89 bits per heavy atom. The lowest BCUT2D eigenvalue weighted by Crippen LogP contribution is -2.36. The number of furan rings is 1. The second-order valence-corrected chi connectivity index (χ2v) is 9.17. The van der Waals surface area contributed by atoms with Crippen molar-refractivity contribution in [3.63, 3.8) is 0 Å². The molecule has 1 aliphatic carbocycles. The highest BCUT2D eigenvalue weighted by Crippen LogP contribution is 2.30. The van der Waals surface area contributed by atoms with Crippen molar-refractivity contribution in [3.05, 3.63) is 54.0 Å². The zero-order valence-corrected chi connectivity index (χ0v) is 16.0. The van der Waals surface area contributed by atoms with Crippen LogP contribution in [-0.4, -0.2) is 42.7 Å². The predicted molar refractivity (Wildman–Crippen MR) is 101 cm³/mol. The number of rotatable bonds is 6. The normalized spacial score (nSPS) is 18.4. The zero-order chi connectivity index (χ0) is 18.9. The highest BCUT2D eigenvalue weighted by atomic mass is 32.2. The van der Waals surface area contributed by atoms with E-state index in [9.17, 15) is 13.2 Å². The van der Waals surface area contributed by atoms with E-state index in [4.69, 9.17) is 4.42 Å². The maximum absolute atomic E-state index is 13.1. The molecule has 4 rings (SSSR count). The third-order valence-electron chi connectivity index (χ3n) is 5.19. The van der Waals surface area contributed by atoms with Gasteiger partial charge in [-0.05, 0) is 56.0 Å². The van der Waals surface area contributed by atoms with Crippen LogP contribution in [0.1, 0.15) is 48.2 Å². The van der Waals surface area contributed by atoms with Gasteiger partial charge in [-0.3, -0.25) is 4.79 Å². The van der Waals surface area contributed by atoms with Crippen LogP contribution < -0.4 is 0 Å². The molecule has 0 radical (unpaired) electrons. The number of amides is 1. The van der Waals surface area contributed by atoms with Crippen molar-refractivity contribution < 1.29 is 17.6 Å². The second-order valence-electron chi connectivity index (χ2n) is 7.24. The van der Waals surface area contributed by atoms with E-state index >= 15 is 0 Å². The molecule has 0 N–H and O–H groups in total. The summed E-state index contributed by atoms with van der Waals surface area (Å²) >= 11 is 0. The van der Waals surface area contributed by atoms with E-state index in [1.165, 1.54) is 10.4 Å². The summed E-state index contributed by atoms with van der Waals surface area (Å²) in [6, 6.07) is 10.3. The molecule has 1 saturated heterocycles. The Morgan fingerprint density at radius 1 is 1.11 bits per heavy atom. The van der Waals surface area contributed by atoms with E-state index in [0.29, 0.717) is 25.2 Å². The van der Waals surface area contributed by atoms with Gasteiger partial charge in [-0.25, -0.2) is 8.42 Å². The Hall–Kier alpha value is -2.12. The van der Waals surface area contributed by atoms with Gasteiger partial charge in [0.2, 0.25) is 10.0 Å². The molecule has 6 nitrogen and oxygen atoms in total. The highest BCUT2D eigenvalue weighted by Gasteiger charge is 2.34. The monoisotopic (exact) mass is 388 g/mol. The number of sulfonamides is 1. The van der Waals surface area contributed by atoms with E-state index < -0.39 is 10.0 Å². The predicted octanol–water partition coefficient (Wildman–Crippen LogP) is 3.26. The topological polar surface area (TPSA) is 70.8 Å². The average molecular weight is 388 g/mol. The van der Waals surface area contributed by atoms with Crippen molar-refractivity contribution in [2.45, 2.75) is 49.6 Å². The number of benzene rings is 1. The molecule has 2 heterocycles. The number of carbonyl (C=O) groups excluding carboxylic acids is 1. The summed E-state index contributed by atoms with van der Waals surface area (Å²) in [5, 5.41) is 0. The van der Waals surface area contributed by atoms with Gasteiger partial charge < -0.3 is 9.32 Å². The third-order valence-corrected chi connectivity index (χ3v) is 7.08. The van der Waals surface area contributed by atoms with E-state index in [2.05, 4.69) is 0 Å². The fraction of sp³-hybridized carbons (Fsp3) is 0.450. The first-order valence-electron chi connectivity index (χ1n) is 9.49. The van der Waals surface area contributed by atoms with Gasteiger partial charge in [-0.1, -0.05) is 12.5 Å². The molecule has 0 unspecified atom stereocenters.